The molecule has 0 atom stereocenters. The van der Waals surface area contributed by atoms with E-state index in [0.29, 0.717) is 19.6 Å². The Morgan fingerprint density at radius 3 is 2.64 bits per heavy atom. The molecule has 1 aliphatic carbocycles. The summed E-state index contributed by atoms with van der Waals surface area (Å²) in [7, 11) is 0. The van der Waals surface area contributed by atoms with Crippen molar-refractivity contribution in [3.8, 4) is 0 Å². The standard InChI is InChI=1S/C15H24N4O2S/c1-2-13-19-12(10-22-13)9-18-15(21)17-8-7-16-14(20)11-5-3-4-6-11/h10-11H,2-9H2,1H3,(H,16,20)(H2,17,18,21). The molecule has 2 rings (SSSR count). The molecule has 1 aromatic rings. The fourth-order valence-corrected chi connectivity index (χ4v) is 3.26. The fourth-order valence-electron chi connectivity index (χ4n) is 2.52. The number of urea groups is 1. The highest BCUT2D eigenvalue weighted by Crippen LogP contribution is 2.24. The molecule has 1 fully saturated rings. The van der Waals surface area contributed by atoms with Crippen LogP contribution in [0.1, 0.15) is 43.3 Å². The molecule has 0 aliphatic heterocycles. The lowest BCUT2D eigenvalue weighted by atomic mass is 10.1. The van der Waals surface area contributed by atoms with E-state index in [1.165, 1.54) is 0 Å². The van der Waals surface area contributed by atoms with Crippen LogP contribution in [0, 0.1) is 5.92 Å². The van der Waals surface area contributed by atoms with Gasteiger partial charge in [0.1, 0.15) is 0 Å². The van der Waals surface area contributed by atoms with Crippen LogP contribution in [0.25, 0.3) is 0 Å². The predicted molar refractivity (Wildman–Crippen MR) is 86.7 cm³/mol. The Hall–Kier alpha value is -1.63. The van der Waals surface area contributed by atoms with E-state index in [9.17, 15) is 9.59 Å². The SMILES string of the molecule is CCc1nc(CNC(=O)NCCNC(=O)C2CCCC2)cs1. The zero-order chi connectivity index (χ0) is 15.8. The second-order valence-corrected chi connectivity index (χ2v) is 6.41. The molecule has 0 radical (unpaired) electrons. The van der Waals surface area contributed by atoms with Gasteiger partial charge in [0, 0.05) is 24.4 Å². The van der Waals surface area contributed by atoms with E-state index < -0.39 is 0 Å². The van der Waals surface area contributed by atoms with Crippen molar-refractivity contribution in [2.24, 2.45) is 5.92 Å². The second-order valence-electron chi connectivity index (χ2n) is 5.47. The lowest BCUT2D eigenvalue weighted by Crippen LogP contribution is -2.41. The molecule has 6 nitrogen and oxygen atoms in total. The summed E-state index contributed by atoms with van der Waals surface area (Å²) in [4.78, 5) is 27.8. The van der Waals surface area contributed by atoms with Crippen molar-refractivity contribution in [1.82, 2.24) is 20.9 Å². The van der Waals surface area contributed by atoms with E-state index >= 15 is 0 Å². The Balaban J connectivity index is 1.54. The first kappa shape index (κ1) is 16.7. The topological polar surface area (TPSA) is 83.1 Å². The number of rotatable bonds is 7. The van der Waals surface area contributed by atoms with Crippen molar-refractivity contribution in [2.75, 3.05) is 13.1 Å². The molecule has 1 aromatic heterocycles. The molecule has 0 spiro atoms. The van der Waals surface area contributed by atoms with E-state index in [-0.39, 0.29) is 17.9 Å². The Morgan fingerprint density at radius 2 is 1.95 bits per heavy atom. The summed E-state index contributed by atoms with van der Waals surface area (Å²) >= 11 is 1.61. The zero-order valence-corrected chi connectivity index (χ0v) is 13.8. The predicted octanol–water partition coefficient (Wildman–Crippen LogP) is 1.81. The van der Waals surface area contributed by atoms with Crippen molar-refractivity contribution in [1.29, 1.82) is 0 Å². The zero-order valence-electron chi connectivity index (χ0n) is 13.0. The third-order valence-electron chi connectivity index (χ3n) is 3.77. The molecule has 0 aromatic carbocycles. The molecule has 1 heterocycles. The van der Waals surface area contributed by atoms with E-state index in [1.54, 1.807) is 11.3 Å². The molecule has 122 valence electrons. The number of nitrogens with zero attached hydrogens (tertiary/aromatic N) is 1. The van der Waals surface area contributed by atoms with Gasteiger partial charge < -0.3 is 16.0 Å². The maximum Gasteiger partial charge on any atom is 0.315 e. The first-order valence-corrected chi connectivity index (χ1v) is 8.79. The number of carbonyl (C=O) groups excluding carboxylic acids is 2. The van der Waals surface area contributed by atoms with Crippen molar-refractivity contribution < 1.29 is 9.59 Å². The lowest BCUT2D eigenvalue weighted by Gasteiger charge is -2.11. The molecular formula is C15H24N4O2S. The normalized spacial score (nSPS) is 14.8. The van der Waals surface area contributed by atoms with Gasteiger partial charge >= 0.3 is 6.03 Å². The highest BCUT2D eigenvalue weighted by Gasteiger charge is 2.21. The first-order valence-electron chi connectivity index (χ1n) is 7.91. The number of carbonyl (C=O) groups is 2. The van der Waals surface area contributed by atoms with Crippen LogP contribution in [0.4, 0.5) is 4.79 Å². The first-order chi connectivity index (χ1) is 10.7. The Bertz CT molecular complexity index is 497. The highest BCUT2D eigenvalue weighted by molar-refractivity contribution is 7.09. The number of hydrogen-bond acceptors (Lipinski definition) is 4. The van der Waals surface area contributed by atoms with Gasteiger partial charge in [0.05, 0.1) is 17.2 Å². The van der Waals surface area contributed by atoms with Crippen molar-refractivity contribution >= 4 is 23.3 Å². The van der Waals surface area contributed by atoms with Crippen LogP contribution in [-0.2, 0) is 17.8 Å². The number of thiazole rings is 1. The highest BCUT2D eigenvalue weighted by atomic mass is 32.1. The average Bonchev–Trinajstić information content (AvgIpc) is 3.20. The maximum atomic E-state index is 11.8. The quantitative estimate of drug-likeness (QED) is 0.669. The van der Waals surface area contributed by atoms with E-state index in [1.807, 2.05) is 5.38 Å². The van der Waals surface area contributed by atoms with E-state index in [0.717, 1.165) is 42.8 Å². The number of aryl methyl sites for hydroxylation is 1. The average molecular weight is 324 g/mol. The monoisotopic (exact) mass is 324 g/mol. The summed E-state index contributed by atoms with van der Waals surface area (Å²) in [5.74, 6) is 0.292. The van der Waals surface area contributed by atoms with Gasteiger partial charge in [-0.15, -0.1) is 11.3 Å². The van der Waals surface area contributed by atoms with Gasteiger partial charge in [-0.25, -0.2) is 9.78 Å². The minimum atomic E-state index is -0.235. The number of nitrogens with one attached hydrogen (secondary N) is 3. The molecule has 7 heteroatoms. The van der Waals surface area contributed by atoms with Crippen molar-refractivity contribution in [2.45, 2.75) is 45.6 Å². The summed E-state index contributed by atoms with van der Waals surface area (Å²) < 4.78 is 0. The maximum absolute atomic E-state index is 11.8. The van der Waals surface area contributed by atoms with Gasteiger partial charge in [0.25, 0.3) is 0 Å². The van der Waals surface area contributed by atoms with Crippen LogP contribution >= 0.6 is 11.3 Å². The van der Waals surface area contributed by atoms with Crippen LogP contribution in [-0.4, -0.2) is 30.0 Å². The smallest absolute Gasteiger partial charge is 0.315 e. The third-order valence-corrected chi connectivity index (χ3v) is 4.81. The molecule has 0 saturated heterocycles. The molecule has 0 bridgehead atoms. The Labute approximate surface area is 135 Å². The van der Waals surface area contributed by atoms with Gasteiger partial charge in [0.15, 0.2) is 0 Å². The van der Waals surface area contributed by atoms with Gasteiger partial charge in [-0.3, -0.25) is 4.79 Å². The summed E-state index contributed by atoms with van der Waals surface area (Å²) in [6.45, 7) is 3.39. The van der Waals surface area contributed by atoms with Crippen LogP contribution in [0.2, 0.25) is 0 Å². The molecule has 1 aliphatic rings. The summed E-state index contributed by atoms with van der Waals surface area (Å²) in [6.07, 6.45) is 5.20. The molecule has 22 heavy (non-hydrogen) atoms. The van der Waals surface area contributed by atoms with E-state index in [2.05, 4.69) is 27.9 Å². The minimum absolute atomic E-state index is 0.120. The Kier molecular flexibility index (Phi) is 6.64. The van der Waals surface area contributed by atoms with Crippen molar-refractivity contribution in [3.63, 3.8) is 0 Å². The van der Waals surface area contributed by atoms with Gasteiger partial charge in [-0.2, -0.15) is 0 Å². The molecule has 0 unspecified atom stereocenters. The van der Waals surface area contributed by atoms with E-state index in [4.69, 9.17) is 0 Å². The van der Waals surface area contributed by atoms with Crippen molar-refractivity contribution in [3.05, 3.63) is 16.1 Å². The largest absolute Gasteiger partial charge is 0.354 e. The van der Waals surface area contributed by atoms with Crippen LogP contribution < -0.4 is 16.0 Å². The fraction of sp³-hybridized carbons (Fsp3) is 0.667. The molecule has 3 amide bonds. The molecular weight excluding hydrogens is 300 g/mol. The minimum Gasteiger partial charge on any atom is -0.354 e. The van der Waals surface area contributed by atoms with Crippen LogP contribution in [0.15, 0.2) is 5.38 Å². The number of aromatic nitrogens is 1. The summed E-state index contributed by atoms with van der Waals surface area (Å²) in [6, 6.07) is -0.235. The summed E-state index contributed by atoms with van der Waals surface area (Å²) in [5.41, 5.74) is 0.881. The molecule has 3 N–H and O–H groups in total. The van der Waals surface area contributed by atoms with Gasteiger partial charge in [-0.1, -0.05) is 19.8 Å². The number of amides is 3. The number of hydrogen-bond donors (Lipinski definition) is 3. The van der Waals surface area contributed by atoms with Gasteiger partial charge in [0.2, 0.25) is 5.91 Å². The van der Waals surface area contributed by atoms with Crippen LogP contribution in [0.5, 0.6) is 0 Å². The van der Waals surface area contributed by atoms with Gasteiger partial charge in [-0.05, 0) is 19.3 Å². The second kappa shape index (κ2) is 8.73. The third kappa shape index (κ3) is 5.29. The summed E-state index contributed by atoms with van der Waals surface area (Å²) in [5, 5.41) is 11.4. The Morgan fingerprint density at radius 1 is 1.23 bits per heavy atom. The lowest BCUT2D eigenvalue weighted by molar-refractivity contribution is -0.124. The molecule has 1 saturated carbocycles. The van der Waals surface area contributed by atoms with Crippen LogP contribution in [0.3, 0.4) is 0 Å².